The zero-order valence-corrected chi connectivity index (χ0v) is 22.5. The predicted octanol–water partition coefficient (Wildman–Crippen LogP) is 4.95. The molecule has 2 aromatic rings. The Bertz CT molecular complexity index is 1030. The van der Waals surface area contributed by atoms with Crippen LogP contribution in [-0.4, -0.2) is 56.6 Å². The number of halogens is 2. The molecule has 1 unspecified atom stereocenters. The molecule has 35 heavy (non-hydrogen) atoms. The van der Waals surface area contributed by atoms with Crippen molar-refractivity contribution in [3.8, 4) is 5.75 Å². The summed E-state index contributed by atoms with van der Waals surface area (Å²) in [5.74, 6) is 0.249. The summed E-state index contributed by atoms with van der Waals surface area (Å²) in [7, 11) is 3.33. The monoisotopic (exact) mass is 546 g/mol. The standard InChI is InChI=1S/C27H36BrFN4O2/c1-19-8-4-5-16-33(19)17-7-15-31-27(30-2)32-26(34)23-9-6-10-24(29)22(23)13-11-20-18-21(28)12-14-25(20)35-3/h6,9-10,12,14,18-19H,4-5,7-8,11,13,15-17H2,1-3H3,(H2,30,31,32,34). The van der Waals surface area contributed by atoms with Gasteiger partial charge in [-0.05, 0) is 81.5 Å². The third-order valence-corrected chi connectivity index (χ3v) is 7.03. The Labute approximate surface area is 216 Å². The van der Waals surface area contributed by atoms with Crippen molar-refractivity contribution in [1.29, 1.82) is 0 Å². The number of rotatable bonds is 9. The van der Waals surface area contributed by atoms with E-state index >= 15 is 0 Å². The van der Waals surface area contributed by atoms with E-state index in [-0.39, 0.29) is 5.56 Å². The number of amides is 1. The highest BCUT2D eigenvalue weighted by molar-refractivity contribution is 9.10. The predicted molar refractivity (Wildman–Crippen MR) is 143 cm³/mol. The minimum atomic E-state index is -0.470. The van der Waals surface area contributed by atoms with Crippen molar-refractivity contribution in [2.75, 3.05) is 33.8 Å². The molecule has 0 radical (unpaired) electrons. The van der Waals surface area contributed by atoms with E-state index in [1.807, 2.05) is 18.2 Å². The summed E-state index contributed by atoms with van der Waals surface area (Å²) in [6.07, 6.45) is 5.67. The average molecular weight is 548 g/mol. The molecule has 2 aromatic carbocycles. The highest BCUT2D eigenvalue weighted by Gasteiger charge is 2.18. The lowest BCUT2D eigenvalue weighted by atomic mass is 9.98. The van der Waals surface area contributed by atoms with Gasteiger partial charge in [-0.25, -0.2) is 4.39 Å². The van der Waals surface area contributed by atoms with Gasteiger partial charge in [0.05, 0.1) is 7.11 Å². The molecule has 6 nitrogen and oxygen atoms in total. The van der Waals surface area contributed by atoms with Crippen LogP contribution in [0.5, 0.6) is 5.75 Å². The number of piperidine rings is 1. The number of nitrogens with one attached hydrogen (secondary N) is 2. The molecule has 0 saturated carbocycles. The molecule has 8 heteroatoms. The minimum absolute atomic E-state index is 0.274. The Morgan fingerprint density at radius 3 is 2.83 bits per heavy atom. The normalized spacial score (nSPS) is 16.7. The van der Waals surface area contributed by atoms with Gasteiger partial charge in [-0.3, -0.25) is 4.79 Å². The number of hydrogen-bond donors (Lipinski definition) is 2. The fourth-order valence-electron chi connectivity index (χ4n) is 4.54. The number of aryl methyl sites for hydroxylation is 1. The van der Waals surface area contributed by atoms with Crippen LogP contribution >= 0.6 is 15.9 Å². The Hall–Kier alpha value is -2.45. The summed E-state index contributed by atoms with van der Waals surface area (Å²) < 4.78 is 21.1. The first kappa shape index (κ1) is 27.1. The van der Waals surface area contributed by atoms with Crippen molar-refractivity contribution in [3.63, 3.8) is 0 Å². The van der Waals surface area contributed by atoms with Crippen LogP contribution < -0.4 is 15.4 Å². The number of ether oxygens (including phenoxy) is 1. The van der Waals surface area contributed by atoms with Gasteiger partial charge in [0.2, 0.25) is 0 Å². The largest absolute Gasteiger partial charge is 0.496 e. The zero-order chi connectivity index (χ0) is 25.2. The molecule has 0 aliphatic carbocycles. The second-order valence-electron chi connectivity index (χ2n) is 8.90. The SMILES string of the molecule is CN/C(=N\C(=O)c1cccc(F)c1CCc1cc(Br)ccc1OC)NCCCN1CCCCC1C. The van der Waals surface area contributed by atoms with E-state index in [1.165, 1.54) is 25.3 Å². The number of methoxy groups -OCH3 is 1. The number of hydrogen-bond acceptors (Lipinski definition) is 3. The lowest BCUT2D eigenvalue weighted by Crippen LogP contribution is -2.40. The summed E-state index contributed by atoms with van der Waals surface area (Å²) in [6, 6.07) is 10.9. The van der Waals surface area contributed by atoms with Crippen molar-refractivity contribution < 1.29 is 13.9 Å². The summed E-state index contributed by atoms with van der Waals surface area (Å²) in [5.41, 5.74) is 1.57. The third kappa shape index (κ3) is 7.77. The molecule has 0 bridgehead atoms. The molecule has 190 valence electrons. The van der Waals surface area contributed by atoms with Crippen LogP contribution in [0, 0.1) is 5.82 Å². The van der Waals surface area contributed by atoms with Crippen molar-refractivity contribution in [3.05, 3.63) is 63.4 Å². The third-order valence-electron chi connectivity index (χ3n) is 6.54. The number of guanidine groups is 1. The molecule has 1 aliphatic rings. The molecule has 0 spiro atoms. The van der Waals surface area contributed by atoms with E-state index < -0.39 is 11.7 Å². The summed E-state index contributed by atoms with van der Waals surface area (Å²) in [5, 5.41) is 6.17. The van der Waals surface area contributed by atoms with Gasteiger partial charge in [0.15, 0.2) is 5.96 Å². The first-order valence-electron chi connectivity index (χ1n) is 12.3. The van der Waals surface area contributed by atoms with E-state index in [0.29, 0.717) is 37.0 Å². The first-order valence-corrected chi connectivity index (χ1v) is 13.1. The van der Waals surface area contributed by atoms with Crippen LogP contribution in [-0.2, 0) is 12.8 Å². The van der Waals surface area contributed by atoms with Crippen molar-refractivity contribution in [1.82, 2.24) is 15.5 Å². The van der Waals surface area contributed by atoms with Gasteiger partial charge in [0, 0.05) is 41.8 Å². The van der Waals surface area contributed by atoms with Crippen LogP contribution in [0.15, 0.2) is 45.9 Å². The number of nitrogens with zero attached hydrogens (tertiary/aromatic N) is 2. The van der Waals surface area contributed by atoms with E-state index in [4.69, 9.17) is 4.74 Å². The highest BCUT2D eigenvalue weighted by atomic mass is 79.9. The molecule has 0 aromatic heterocycles. The van der Waals surface area contributed by atoms with Crippen LogP contribution in [0.4, 0.5) is 4.39 Å². The van der Waals surface area contributed by atoms with E-state index in [2.05, 4.69) is 43.4 Å². The number of carbonyl (C=O) groups excluding carboxylic acids is 1. The minimum Gasteiger partial charge on any atom is -0.496 e. The second-order valence-corrected chi connectivity index (χ2v) is 9.81. The quantitative estimate of drug-likeness (QED) is 0.264. The average Bonchev–Trinajstić information content (AvgIpc) is 2.86. The van der Waals surface area contributed by atoms with Crippen LogP contribution in [0.2, 0.25) is 0 Å². The van der Waals surface area contributed by atoms with Crippen molar-refractivity contribution in [2.45, 2.75) is 51.5 Å². The maximum absolute atomic E-state index is 14.8. The molecule has 1 amide bonds. The van der Waals surface area contributed by atoms with E-state index in [1.54, 1.807) is 26.3 Å². The van der Waals surface area contributed by atoms with Gasteiger partial charge in [-0.1, -0.05) is 28.4 Å². The first-order chi connectivity index (χ1) is 16.9. The maximum Gasteiger partial charge on any atom is 0.280 e. The fraction of sp³-hybridized carbons (Fsp3) is 0.481. The molecular formula is C27H36BrFN4O2. The molecular weight excluding hydrogens is 511 g/mol. The fourth-order valence-corrected chi connectivity index (χ4v) is 4.95. The molecule has 1 saturated heterocycles. The lowest BCUT2D eigenvalue weighted by Gasteiger charge is -2.33. The molecule has 1 fully saturated rings. The molecule has 1 atom stereocenters. The Balaban J connectivity index is 1.64. The smallest absolute Gasteiger partial charge is 0.280 e. The van der Waals surface area contributed by atoms with Gasteiger partial charge >= 0.3 is 0 Å². The Kier molecular flexibility index (Phi) is 10.5. The number of benzene rings is 2. The van der Waals surface area contributed by atoms with Gasteiger partial charge in [-0.2, -0.15) is 4.99 Å². The van der Waals surface area contributed by atoms with Crippen LogP contribution in [0.3, 0.4) is 0 Å². The van der Waals surface area contributed by atoms with Crippen molar-refractivity contribution in [2.24, 2.45) is 4.99 Å². The summed E-state index contributed by atoms with van der Waals surface area (Å²) in [6.45, 7) is 5.16. The number of carbonyl (C=O) groups is 1. The highest BCUT2D eigenvalue weighted by Crippen LogP contribution is 2.26. The second kappa shape index (κ2) is 13.6. The Morgan fingerprint density at radius 1 is 1.26 bits per heavy atom. The molecule has 1 aliphatic heterocycles. The summed E-state index contributed by atoms with van der Waals surface area (Å²) >= 11 is 3.47. The Morgan fingerprint density at radius 2 is 2.09 bits per heavy atom. The number of aliphatic imine (C=N–C) groups is 1. The zero-order valence-electron chi connectivity index (χ0n) is 20.9. The summed E-state index contributed by atoms with van der Waals surface area (Å²) in [4.78, 5) is 19.8. The van der Waals surface area contributed by atoms with Gasteiger partial charge in [-0.15, -0.1) is 0 Å². The van der Waals surface area contributed by atoms with Gasteiger partial charge in [0.25, 0.3) is 5.91 Å². The topological polar surface area (TPSA) is 66.0 Å². The number of likely N-dealkylation sites (tertiary alicyclic amines) is 1. The van der Waals surface area contributed by atoms with Crippen LogP contribution in [0.1, 0.15) is 54.1 Å². The van der Waals surface area contributed by atoms with E-state index in [9.17, 15) is 9.18 Å². The van der Waals surface area contributed by atoms with Gasteiger partial charge < -0.3 is 20.3 Å². The molecule has 1 heterocycles. The van der Waals surface area contributed by atoms with E-state index in [0.717, 1.165) is 35.3 Å². The van der Waals surface area contributed by atoms with Crippen LogP contribution in [0.25, 0.3) is 0 Å². The van der Waals surface area contributed by atoms with Crippen molar-refractivity contribution >= 4 is 27.8 Å². The molecule has 3 rings (SSSR count). The maximum atomic E-state index is 14.8. The van der Waals surface area contributed by atoms with Gasteiger partial charge in [0.1, 0.15) is 11.6 Å². The lowest BCUT2D eigenvalue weighted by molar-refractivity contribution is 0.100. The molecule has 2 N–H and O–H groups in total.